The number of hydrogen-bond donors (Lipinski definition) is 0. The van der Waals surface area contributed by atoms with E-state index in [9.17, 15) is 0 Å². The van der Waals surface area contributed by atoms with Gasteiger partial charge in [0.15, 0.2) is 0 Å². The van der Waals surface area contributed by atoms with Gasteiger partial charge in [0.25, 0.3) is 0 Å². The highest BCUT2D eigenvalue weighted by Gasteiger charge is 2.12. The molecule has 0 amide bonds. The summed E-state index contributed by atoms with van der Waals surface area (Å²) in [5.74, 6) is 1.06. The molecule has 3 nitrogen and oxygen atoms in total. The zero-order chi connectivity index (χ0) is 12.5. The Labute approximate surface area is 107 Å². The normalized spacial score (nSPS) is 13.4. The van der Waals surface area contributed by atoms with E-state index in [4.69, 9.17) is 4.74 Å². The number of aryl methyl sites for hydroxylation is 3. The van der Waals surface area contributed by atoms with Crippen LogP contribution in [0.15, 0.2) is 24.5 Å². The molecule has 3 heteroatoms. The largest absolute Gasteiger partial charge is 0.493 e. The fraction of sp³-hybridized carbons (Fsp3) is 0.400. The van der Waals surface area contributed by atoms with Crippen molar-refractivity contribution >= 4 is 0 Å². The summed E-state index contributed by atoms with van der Waals surface area (Å²) in [7, 11) is 0. The van der Waals surface area contributed by atoms with Crippen molar-refractivity contribution in [3.63, 3.8) is 0 Å². The average Bonchev–Trinajstić information content (AvgIpc) is 2.96. The lowest BCUT2D eigenvalue weighted by atomic mass is 10.1. The molecule has 0 radical (unpaired) electrons. The van der Waals surface area contributed by atoms with E-state index in [0.29, 0.717) is 0 Å². The Morgan fingerprint density at radius 3 is 3.00 bits per heavy atom. The van der Waals surface area contributed by atoms with Crippen molar-refractivity contribution in [1.29, 1.82) is 0 Å². The van der Waals surface area contributed by atoms with Gasteiger partial charge in [0.05, 0.1) is 18.6 Å². The fourth-order valence-electron chi connectivity index (χ4n) is 2.41. The monoisotopic (exact) mass is 242 g/mol. The number of nitrogens with zero attached hydrogens (tertiary/aromatic N) is 2. The molecule has 0 unspecified atom stereocenters. The van der Waals surface area contributed by atoms with Gasteiger partial charge in [-0.2, -0.15) is 0 Å². The van der Waals surface area contributed by atoms with Crippen molar-refractivity contribution in [2.45, 2.75) is 33.2 Å². The Morgan fingerprint density at radius 2 is 2.22 bits per heavy atom. The van der Waals surface area contributed by atoms with E-state index >= 15 is 0 Å². The van der Waals surface area contributed by atoms with Crippen molar-refractivity contribution in [1.82, 2.24) is 9.55 Å². The van der Waals surface area contributed by atoms with E-state index in [2.05, 4.69) is 41.6 Å². The van der Waals surface area contributed by atoms with Gasteiger partial charge in [-0.25, -0.2) is 4.98 Å². The minimum absolute atomic E-state index is 0.832. The van der Waals surface area contributed by atoms with Crippen molar-refractivity contribution < 1.29 is 4.74 Å². The van der Waals surface area contributed by atoms with Crippen LogP contribution in [0, 0.1) is 13.8 Å². The number of fused-ring (bicyclic) bond motifs is 1. The van der Waals surface area contributed by atoms with Gasteiger partial charge in [-0.05, 0) is 37.5 Å². The molecule has 0 atom stereocenters. The van der Waals surface area contributed by atoms with Gasteiger partial charge in [0.1, 0.15) is 5.75 Å². The van der Waals surface area contributed by atoms with Crippen LogP contribution >= 0.6 is 0 Å². The zero-order valence-electron chi connectivity index (χ0n) is 10.9. The second kappa shape index (κ2) is 4.48. The summed E-state index contributed by atoms with van der Waals surface area (Å²) in [6.07, 6.45) is 4.03. The summed E-state index contributed by atoms with van der Waals surface area (Å²) < 4.78 is 7.74. The Bertz CT molecular complexity index is 572. The van der Waals surface area contributed by atoms with E-state index in [1.165, 1.54) is 16.8 Å². The number of rotatable bonds is 3. The van der Waals surface area contributed by atoms with E-state index < -0.39 is 0 Å². The molecule has 0 N–H and O–H groups in total. The molecule has 0 aliphatic carbocycles. The average molecular weight is 242 g/mol. The van der Waals surface area contributed by atoms with Gasteiger partial charge in [0.2, 0.25) is 0 Å². The molecular weight excluding hydrogens is 224 g/mol. The number of aromatic nitrogens is 2. The van der Waals surface area contributed by atoms with Gasteiger partial charge in [0, 0.05) is 18.7 Å². The van der Waals surface area contributed by atoms with Crippen molar-refractivity contribution in [3.8, 4) is 5.75 Å². The molecule has 2 heterocycles. The molecule has 0 saturated heterocycles. The topological polar surface area (TPSA) is 27.1 Å². The first-order valence-electron chi connectivity index (χ1n) is 6.47. The standard InChI is InChI=1S/C15H18N2O/c1-11-12(2)17(10-16-11)7-5-13-3-4-15-14(9-13)6-8-18-15/h3-4,9-10H,5-8H2,1-2H3. The van der Waals surface area contributed by atoms with Crippen LogP contribution in [-0.2, 0) is 19.4 Å². The molecule has 1 aromatic carbocycles. The molecule has 0 bridgehead atoms. The van der Waals surface area contributed by atoms with Crippen LogP contribution in [0.4, 0.5) is 0 Å². The van der Waals surface area contributed by atoms with E-state index in [0.717, 1.165) is 37.4 Å². The minimum atomic E-state index is 0.832. The minimum Gasteiger partial charge on any atom is -0.493 e. The highest BCUT2D eigenvalue weighted by molar-refractivity contribution is 5.39. The van der Waals surface area contributed by atoms with E-state index in [1.54, 1.807) is 0 Å². The Kier molecular flexibility index (Phi) is 2.82. The smallest absolute Gasteiger partial charge is 0.122 e. The SMILES string of the molecule is Cc1ncn(CCc2ccc3c(c2)CCO3)c1C. The molecule has 0 saturated carbocycles. The highest BCUT2D eigenvalue weighted by Crippen LogP contribution is 2.26. The Morgan fingerprint density at radius 1 is 1.33 bits per heavy atom. The number of ether oxygens (including phenoxy) is 1. The van der Waals surface area contributed by atoms with Crippen LogP contribution in [0.2, 0.25) is 0 Å². The van der Waals surface area contributed by atoms with Gasteiger partial charge >= 0.3 is 0 Å². The van der Waals surface area contributed by atoms with Crippen LogP contribution in [0.25, 0.3) is 0 Å². The molecule has 18 heavy (non-hydrogen) atoms. The van der Waals surface area contributed by atoms with Crippen LogP contribution in [-0.4, -0.2) is 16.2 Å². The quantitative estimate of drug-likeness (QED) is 0.827. The van der Waals surface area contributed by atoms with Crippen molar-refractivity contribution in [2.24, 2.45) is 0 Å². The third-order valence-corrected chi connectivity index (χ3v) is 3.74. The van der Waals surface area contributed by atoms with Gasteiger partial charge < -0.3 is 9.30 Å². The molecule has 94 valence electrons. The number of hydrogen-bond acceptors (Lipinski definition) is 2. The summed E-state index contributed by atoms with van der Waals surface area (Å²) in [6, 6.07) is 6.55. The number of benzene rings is 1. The molecule has 1 aliphatic rings. The molecule has 1 aromatic heterocycles. The predicted molar refractivity (Wildman–Crippen MR) is 71.0 cm³/mol. The Balaban J connectivity index is 1.72. The van der Waals surface area contributed by atoms with Crippen LogP contribution in [0.1, 0.15) is 22.5 Å². The van der Waals surface area contributed by atoms with Gasteiger partial charge in [-0.3, -0.25) is 0 Å². The van der Waals surface area contributed by atoms with Crippen LogP contribution in [0.3, 0.4) is 0 Å². The molecule has 2 aromatic rings. The van der Waals surface area contributed by atoms with Crippen LogP contribution in [0.5, 0.6) is 5.75 Å². The molecule has 1 aliphatic heterocycles. The summed E-state index contributed by atoms with van der Waals surface area (Å²) in [5, 5.41) is 0. The molecule has 0 spiro atoms. The highest BCUT2D eigenvalue weighted by atomic mass is 16.5. The van der Waals surface area contributed by atoms with Crippen molar-refractivity contribution in [2.75, 3.05) is 6.61 Å². The lowest BCUT2D eigenvalue weighted by Crippen LogP contribution is -2.02. The first kappa shape index (κ1) is 11.3. The summed E-state index contributed by atoms with van der Waals surface area (Å²) in [5.41, 5.74) is 5.12. The molecule has 0 fully saturated rings. The van der Waals surface area contributed by atoms with Crippen LogP contribution < -0.4 is 4.74 Å². The fourth-order valence-corrected chi connectivity index (χ4v) is 2.41. The van der Waals surface area contributed by atoms with Gasteiger partial charge in [-0.15, -0.1) is 0 Å². The maximum absolute atomic E-state index is 5.52. The predicted octanol–water partition coefficient (Wildman–Crippen LogP) is 2.68. The number of imidazole rings is 1. The zero-order valence-corrected chi connectivity index (χ0v) is 10.9. The first-order valence-corrected chi connectivity index (χ1v) is 6.47. The lowest BCUT2D eigenvalue weighted by molar-refractivity contribution is 0.357. The van der Waals surface area contributed by atoms with E-state index in [-0.39, 0.29) is 0 Å². The molecule has 3 rings (SSSR count). The van der Waals surface area contributed by atoms with E-state index in [1.807, 2.05) is 6.33 Å². The summed E-state index contributed by atoms with van der Waals surface area (Å²) in [6.45, 7) is 6.00. The third kappa shape index (κ3) is 2.01. The second-order valence-electron chi connectivity index (χ2n) is 4.90. The maximum atomic E-state index is 5.52. The van der Waals surface area contributed by atoms with Gasteiger partial charge in [-0.1, -0.05) is 12.1 Å². The first-order chi connectivity index (χ1) is 8.74. The third-order valence-electron chi connectivity index (χ3n) is 3.74. The summed E-state index contributed by atoms with van der Waals surface area (Å²) >= 11 is 0. The van der Waals surface area contributed by atoms with Crippen molar-refractivity contribution in [3.05, 3.63) is 47.0 Å². The second-order valence-corrected chi connectivity index (χ2v) is 4.90. The molecular formula is C15H18N2O. The Hall–Kier alpha value is -1.77. The maximum Gasteiger partial charge on any atom is 0.122 e. The lowest BCUT2D eigenvalue weighted by Gasteiger charge is -2.07. The summed E-state index contributed by atoms with van der Waals surface area (Å²) in [4.78, 5) is 4.33.